The first-order valence-electron chi connectivity index (χ1n) is 9.07. The summed E-state index contributed by atoms with van der Waals surface area (Å²) in [6, 6.07) is 14.9. The quantitative estimate of drug-likeness (QED) is 0.614. The molecule has 2 aromatic rings. The fourth-order valence-electron chi connectivity index (χ4n) is 3.17. The largest absolute Gasteiger partial charge is 0.460 e. The number of hydrazone groups is 1. The lowest BCUT2D eigenvalue weighted by atomic mass is 10.0. The van der Waals surface area contributed by atoms with Crippen LogP contribution in [0.3, 0.4) is 0 Å². The number of esters is 1. The summed E-state index contributed by atoms with van der Waals surface area (Å²) in [4.78, 5) is 14.7. The molecule has 0 spiro atoms. The highest BCUT2D eigenvalue weighted by atomic mass is 35.5. The first-order valence-corrected chi connectivity index (χ1v) is 9.83. The molecule has 3 rings (SSSR count). The van der Waals surface area contributed by atoms with Gasteiger partial charge in [-0.1, -0.05) is 35.3 Å². The molecule has 0 aromatic heterocycles. The van der Waals surface area contributed by atoms with Gasteiger partial charge >= 0.3 is 5.97 Å². The summed E-state index contributed by atoms with van der Waals surface area (Å²) in [5.41, 5.74) is 1.38. The molecule has 1 aliphatic rings. The summed E-state index contributed by atoms with van der Waals surface area (Å²) in [7, 11) is 0. The summed E-state index contributed by atoms with van der Waals surface area (Å²) in [5, 5.41) is 7.76. The molecule has 1 aliphatic heterocycles. The Balaban J connectivity index is 2.15. The number of benzene rings is 2. The molecule has 5 nitrogen and oxygen atoms in total. The van der Waals surface area contributed by atoms with Crippen LogP contribution in [-0.2, 0) is 9.53 Å². The first-order chi connectivity index (χ1) is 13.2. The maximum absolute atomic E-state index is 12.7. The Bertz CT molecular complexity index is 874. The topological polar surface area (TPSA) is 45.1 Å². The van der Waals surface area contributed by atoms with Crippen molar-refractivity contribution in [2.75, 3.05) is 11.6 Å². The molecule has 0 aliphatic carbocycles. The molecule has 2 aromatic carbocycles. The molecule has 0 N–H and O–H groups in total. The second kappa shape index (κ2) is 8.02. The lowest BCUT2D eigenvalue weighted by Gasteiger charge is -2.40. The van der Waals surface area contributed by atoms with Crippen molar-refractivity contribution < 1.29 is 9.53 Å². The minimum atomic E-state index is -0.451. The van der Waals surface area contributed by atoms with E-state index in [-0.39, 0.29) is 18.6 Å². The molecule has 0 radical (unpaired) electrons. The molecule has 0 bridgehead atoms. The van der Waals surface area contributed by atoms with E-state index < -0.39 is 11.5 Å². The predicted molar refractivity (Wildman–Crippen MR) is 114 cm³/mol. The van der Waals surface area contributed by atoms with E-state index in [0.717, 1.165) is 11.3 Å². The number of amidine groups is 1. The lowest BCUT2D eigenvalue weighted by molar-refractivity contribution is -0.136. The van der Waals surface area contributed by atoms with Gasteiger partial charge in [0.25, 0.3) is 0 Å². The molecule has 1 heterocycles. The van der Waals surface area contributed by atoms with Crippen molar-refractivity contribution in [1.29, 1.82) is 0 Å². The molecular weight excluding hydrogens is 397 g/mol. The number of carbonyl (C=O) groups excluding carboxylic acids is 1. The van der Waals surface area contributed by atoms with Gasteiger partial charge in [0, 0.05) is 15.6 Å². The minimum absolute atomic E-state index is 0.268. The van der Waals surface area contributed by atoms with Gasteiger partial charge < -0.3 is 9.64 Å². The Hall–Kier alpha value is -2.24. The number of halogens is 2. The van der Waals surface area contributed by atoms with Crippen LogP contribution in [0.15, 0.2) is 53.6 Å². The van der Waals surface area contributed by atoms with Crippen molar-refractivity contribution in [3.8, 4) is 0 Å². The van der Waals surface area contributed by atoms with Crippen LogP contribution in [0.1, 0.15) is 39.4 Å². The predicted octanol–water partition coefficient (Wildman–Crippen LogP) is 5.49. The second-order valence-electron chi connectivity index (χ2n) is 7.43. The third-order valence-electron chi connectivity index (χ3n) is 4.35. The van der Waals surface area contributed by atoms with E-state index >= 15 is 0 Å². The fourth-order valence-corrected chi connectivity index (χ4v) is 3.42. The van der Waals surface area contributed by atoms with Gasteiger partial charge in [-0.15, -0.1) is 5.10 Å². The minimum Gasteiger partial charge on any atom is -0.460 e. The van der Waals surface area contributed by atoms with E-state index in [2.05, 4.69) is 5.10 Å². The van der Waals surface area contributed by atoms with E-state index in [1.54, 1.807) is 19.1 Å². The van der Waals surface area contributed by atoms with E-state index in [0.29, 0.717) is 10.0 Å². The highest BCUT2D eigenvalue weighted by Gasteiger charge is 2.45. The summed E-state index contributed by atoms with van der Waals surface area (Å²) in [6.45, 7) is 8.17. The average Bonchev–Trinajstić information content (AvgIpc) is 3.04. The van der Waals surface area contributed by atoms with Crippen LogP contribution in [0.25, 0.3) is 0 Å². The monoisotopic (exact) mass is 419 g/mol. The second-order valence-corrected chi connectivity index (χ2v) is 8.30. The average molecular weight is 420 g/mol. The smallest absolute Gasteiger partial charge is 0.376 e. The van der Waals surface area contributed by atoms with Crippen molar-refractivity contribution >= 4 is 40.7 Å². The zero-order chi connectivity index (χ0) is 20.5. The van der Waals surface area contributed by atoms with E-state index in [1.807, 2.05) is 67.1 Å². The van der Waals surface area contributed by atoms with Gasteiger partial charge in [0.15, 0.2) is 6.17 Å². The Kier molecular flexibility index (Phi) is 5.87. The highest BCUT2D eigenvalue weighted by molar-refractivity contribution is 6.36. The van der Waals surface area contributed by atoms with Crippen molar-refractivity contribution in [2.45, 2.75) is 39.4 Å². The normalized spacial score (nSPS) is 16.9. The molecule has 0 saturated heterocycles. The van der Waals surface area contributed by atoms with Gasteiger partial charge in [-0.25, -0.2) is 9.80 Å². The van der Waals surface area contributed by atoms with Gasteiger partial charge in [0.1, 0.15) is 0 Å². The number of hydrogen-bond donors (Lipinski definition) is 0. The molecule has 0 saturated carbocycles. The first kappa shape index (κ1) is 20.5. The Morgan fingerprint density at radius 2 is 1.57 bits per heavy atom. The highest BCUT2D eigenvalue weighted by Crippen LogP contribution is 2.40. The zero-order valence-corrected chi connectivity index (χ0v) is 17.8. The van der Waals surface area contributed by atoms with Crippen LogP contribution >= 0.6 is 23.2 Å². The number of hydrogen-bond acceptors (Lipinski definition) is 5. The summed E-state index contributed by atoms with van der Waals surface area (Å²) in [5.74, 6) is -0.183. The van der Waals surface area contributed by atoms with E-state index in [1.165, 1.54) is 0 Å². The number of anilines is 1. The van der Waals surface area contributed by atoms with Crippen molar-refractivity contribution in [1.82, 2.24) is 4.90 Å². The Morgan fingerprint density at radius 1 is 1.04 bits per heavy atom. The standard InChI is InChI=1S/C21H23Cl2N3O2/c1-5-28-20(27)18-24-26(17-12-10-16(23)11-13-17)19(25(18)21(2,3)4)14-6-8-15(22)9-7-14/h6-13,19H,5H2,1-4H3. The molecule has 148 valence electrons. The fraction of sp³-hybridized carbons (Fsp3) is 0.333. The Labute approximate surface area is 175 Å². The van der Waals surface area contributed by atoms with Gasteiger partial charge in [0.2, 0.25) is 5.84 Å². The summed E-state index contributed by atoms with van der Waals surface area (Å²) < 4.78 is 5.28. The van der Waals surface area contributed by atoms with Gasteiger partial charge in [-0.3, -0.25) is 0 Å². The van der Waals surface area contributed by atoms with Gasteiger partial charge in [-0.05, 0) is 69.7 Å². The van der Waals surface area contributed by atoms with Crippen LogP contribution in [0, 0.1) is 0 Å². The molecule has 0 fully saturated rings. The Morgan fingerprint density at radius 3 is 2.07 bits per heavy atom. The van der Waals surface area contributed by atoms with Gasteiger partial charge in [-0.2, -0.15) is 0 Å². The number of rotatable bonds is 4. The van der Waals surface area contributed by atoms with Crippen LogP contribution in [0.4, 0.5) is 5.69 Å². The van der Waals surface area contributed by atoms with E-state index in [9.17, 15) is 4.79 Å². The molecule has 1 unspecified atom stereocenters. The van der Waals surface area contributed by atoms with Crippen LogP contribution < -0.4 is 5.01 Å². The molecule has 28 heavy (non-hydrogen) atoms. The van der Waals surface area contributed by atoms with Crippen molar-refractivity contribution in [3.05, 3.63) is 64.1 Å². The lowest BCUT2D eigenvalue weighted by Crippen LogP contribution is -2.49. The molecule has 7 heteroatoms. The summed E-state index contributed by atoms with van der Waals surface area (Å²) in [6.07, 6.45) is -0.335. The third-order valence-corrected chi connectivity index (χ3v) is 4.85. The van der Waals surface area contributed by atoms with Crippen LogP contribution in [0.5, 0.6) is 0 Å². The third kappa shape index (κ3) is 4.10. The zero-order valence-electron chi connectivity index (χ0n) is 16.3. The molecule has 0 amide bonds. The maximum atomic E-state index is 12.7. The van der Waals surface area contributed by atoms with Gasteiger partial charge in [0.05, 0.1) is 12.3 Å². The maximum Gasteiger partial charge on any atom is 0.376 e. The van der Waals surface area contributed by atoms with E-state index in [4.69, 9.17) is 27.9 Å². The SMILES string of the molecule is CCOC(=O)C1=NN(c2ccc(Cl)cc2)C(c2ccc(Cl)cc2)N1C(C)(C)C. The number of ether oxygens (including phenoxy) is 1. The van der Waals surface area contributed by atoms with Crippen molar-refractivity contribution in [3.63, 3.8) is 0 Å². The molecule has 1 atom stereocenters. The number of nitrogens with zero attached hydrogens (tertiary/aromatic N) is 3. The van der Waals surface area contributed by atoms with Crippen LogP contribution in [0.2, 0.25) is 10.0 Å². The summed E-state index contributed by atoms with van der Waals surface area (Å²) >= 11 is 12.1. The van der Waals surface area contributed by atoms with Crippen molar-refractivity contribution in [2.24, 2.45) is 5.10 Å². The number of carbonyl (C=O) groups is 1. The molecular formula is C21H23Cl2N3O2. The van der Waals surface area contributed by atoms with Crippen LogP contribution in [-0.4, -0.2) is 28.9 Å².